The summed E-state index contributed by atoms with van der Waals surface area (Å²) in [6, 6.07) is 19.8. The molecule has 1 aliphatic carbocycles. The Labute approximate surface area is 185 Å². The van der Waals surface area contributed by atoms with Crippen molar-refractivity contribution in [2.75, 3.05) is 0 Å². The van der Waals surface area contributed by atoms with Crippen LogP contribution in [0.3, 0.4) is 0 Å². The zero-order chi connectivity index (χ0) is 21.5. The van der Waals surface area contributed by atoms with Gasteiger partial charge in [-0.15, -0.1) is 11.3 Å². The third-order valence-corrected chi connectivity index (χ3v) is 6.12. The number of benzene rings is 2. The van der Waals surface area contributed by atoms with Gasteiger partial charge in [0.1, 0.15) is 17.7 Å². The van der Waals surface area contributed by atoms with Gasteiger partial charge in [0.15, 0.2) is 16.2 Å². The van der Waals surface area contributed by atoms with Crippen LogP contribution >= 0.6 is 22.9 Å². The Morgan fingerprint density at radius 3 is 2.45 bits per heavy atom. The molecule has 0 amide bonds. The lowest BCUT2D eigenvalue weighted by atomic mass is 9.99. The number of thiophene rings is 1. The summed E-state index contributed by atoms with van der Waals surface area (Å²) in [4.78, 5) is 19.0. The highest BCUT2D eigenvalue weighted by Gasteiger charge is 2.32. The number of nitriles is 2. The maximum absolute atomic E-state index is 13.0. The highest BCUT2D eigenvalue weighted by Crippen LogP contribution is 2.41. The largest absolute Gasteiger partial charge is 0.435 e. The molecule has 2 heterocycles. The number of hydrogen-bond acceptors (Lipinski definition) is 6. The first-order valence-electron chi connectivity index (χ1n) is 9.16. The number of oxazole rings is 1. The topological polar surface area (TPSA) is 90.7 Å². The standard InChI is InChI=1S/C24H10ClN3O2S/c25-15-7-5-13(6-8-15)23-28-24-20(30-23)10-16(31-24)9-19-21(14(11-26)12-27)17-3-1-2-4-18(17)22(19)29/h1-10H/b19-9-. The molecule has 5 nitrogen and oxygen atoms in total. The molecule has 0 bridgehead atoms. The van der Waals surface area contributed by atoms with Crippen LogP contribution in [0, 0.1) is 22.7 Å². The van der Waals surface area contributed by atoms with Crippen LogP contribution in [0.5, 0.6) is 0 Å². The summed E-state index contributed by atoms with van der Waals surface area (Å²) in [6.07, 6.45) is 1.69. The minimum atomic E-state index is -0.214. The van der Waals surface area contributed by atoms with Gasteiger partial charge in [-0.1, -0.05) is 35.9 Å². The SMILES string of the molecule is N#CC(C#N)=C1/C(=C/c2cc3oc(-c4ccc(Cl)cc4)nc3s2)C(=O)c2ccccc21. The predicted octanol–water partition coefficient (Wildman–Crippen LogP) is 6.29. The second-order valence-electron chi connectivity index (χ2n) is 6.75. The van der Waals surface area contributed by atoms with E-state index in [1.54, 1.807) is 48.5 Å². The first-order chi connectivity index (χ1) is 15.1. The van der Waals surface area contributed by atoms with Gasteiger partial charge in [-0.25, -0.2) is 0 Å². The molecule has 7 heteroatoms. The molecule has 4 aromatic rings. The molecular weight excluding hydrogens is 430 g/mol. The lowest BCUT2D eigenvalue weighted by Gasteiger charge is -2.01. The quantitative estimate of drug-likeness (QED) is 0.270. The molecule has 2 aromatic heterocycles. The smallest absolute Gasteiger partial charge is 0.228 e. The summed E-state index contributed by atoms with van der Waals surface area (Å²) in [5.41, 5.74) is 3.08. The molecular formula is C24H10ClN3O2S. The number of rotatable bonds is 2. The number of hydrogen-bond donors (Lipinski definition) is 0. The van der Waals surface area contributed by atoms with Crippen molar-refractivity contribution in [2.45, 2.75) is 0 Å². The Bertz CT molecular complexity index is 1480. The van der Waals surface area contributed by atoms with E-state index < -0.39 is 0 Å². The van der Waals surface area contributed by atoms with Gasteiger partial charge in [0.05, 0.1) is 0 Å². The van der Waals surface area contributed by atoms with Crippen molar-refractivity contribution in [3.8, 4) is 23.6 Å². The Morgan fingerprint density at radius 1 is 1.06 bits per heavy atom. The third-order valence-electron chi connectivity index (χ3n) is 4.91. The lowest BCUT2D eigenvalue weighted by Crippen LogP contribution is -1.95. The Morgan fingerprint density at radius 2 is 1.77 bits per heavy atom. The predicted molar refractivity (Wildman–Crippen MR) is 119 cm³/mol. The summed E-state index contributed by atoms with van der Waals surface area (Å²) >= 11 is 7.30. The number of fused-ring (bicyclic) bond motifs is 2. The van der Waals surface area contributed by atoms with E-state index in [0.29, 0.717) is 43.6 Å². The van der Waals surface area contributed by atoms with Crippen LogP contribution in [0.25, 0.3) is 33.5 Å². The Balaban J connectivity index is 1.60. The minimum Gasteiger partial charge on any atom is -0.435 e. The average molecular weight is 440 g/mol. The van der Waals surface area contributed by atoms with E-state index >= 15 is 0 Å². The van der Waals surface area contributed by atoms with Crippen LogP contribution in [0.4, 0.5) is 0 Å². The van der Waals surface area contributed by atoms with Crippen molar-refractivity contribution in [2.24, 2.45) is 0 Å². The summed E-state index contributed by atoms with van der Waals surface area (Å²) in [5.74, 6) is 0.270. The van der Waals surface area contributed by atoms with E-state index in [2.05, 4.69) is 4.98 Å². The normalized spacial score (nSPS) is 14.0. The van der Waals surface area contributed by atoms with Crippen LogP contribution in [-0.4, -0.2) is 10.8 Å². The van der Waals surface area contributed by atoms with Gasteiger partial charge in [-0.2, -0.15) is 15.5 Å². The van der Waals surface area contributed by atoms with E-state index in [0.717, 1.165) is 10.4 Å². The molecule has 5 rings (SSSR count). The average Bonchev–Trinajstić information content (AvgIpc) is 3.42. The van der Waals surface area contributed by atoms with Gasteiger partial charge in [-0.05, 0) is 35.9 Å². The number of halogens is 1. The van der Waals surface area contributed by atoms with Crippen molar-refractivity contribution in [3.05, 3.63) is 86.8 Å². The number of aromatic nitrogens is 1. The van der Waals surface area contributed by atoms with Gasteiger partial charge in [0, 0.05) is 38.2 Å². The van der Waals surface area contributed by atoms with Crippen molar-refractivity contribution >= 4 is 50.8 Å². The Kier molecular flexibility index (Phi) is 4.52. The molecule has 0 fully saturated rings. The van der Waals surface area contributed by atoms with Gasteiger partial charge in [-0.3, -0.25) is 4.79 Å². The maximum Gasteiger partial charge on any atom is 0.228 e. The molecule has 0 spiro atoms. The van der Waals surface area contributed by atoms with Crippen molar-refractivity contribution in [1.29, 1.82) is 10.5 Å². The van der Waals surface area contributed by atoms with Crippen molar-refractivity contribution in [1.82, 2.24) is 4.98 Å². The van der Waals surface area contributed by atoms with E-state index in [-0.39, 0.29) is 11.4 Å². The molecule has 2 aromatic carbocycles. The van der Waals surface area contributed by atoms with Crippen LogP contribution in [0.2, 0.25) is 5.02 Å². The van der Waals surface area contributed by atoms with Crippen molar-refractivity contribution in [3.63, 3.8) is 0 Å². The molecule has 31 heavy (non-hydrogen) atoms. The fraction of sp³-hybridized carbons (Fsp3) is 0. The van der Waals surface area contributed by atoms with Crippen molar-refractivity contribution < 1.29 is 9.21 Å². The molecule has 146 valence electrons. The molecule has 0 unspecified atom stereocenters. The van der Waals surface area contributed by atoms with Gasteiger partial charge < -0.3 is 4.42 Å². The number of carbonyl (C=O) groups excluding carboxylic acids is 1. The second-order valence-corrected chi connectivity index (χ2v) is 8.25. The number of carbonyl (C=O) groups is 1. The number of ketones is 1. The number of Topliss-reactive ketones (excluding diaryl/α,β-unsaturated/α-hetero) is 1. The number of allylic oxidation sites excluding steroid dienone is 3. The second kappa shape index (κ2) is 7.37. The van der Waals surface area contributed by atoms with E-state index in [4.69, 9.17) is 16.0 Å². The summed E-state index contributed by atoms with van der Waals surface area (Å²) in [7, 11) is 0. The summed E-state index contributed by atoms with van der Waals surface area (Å²) in [6.45, 7) is 0. The first kappa shape index (κ1) is 19.0. The molecule has 0 saturated carbocycles. The highest BCUT2D eigenvalue weighted by molar-refractivity contribution is 7.19. The molecule has 0 saturated heterocycles. The monoisotopic (exact) mass is 439 g/mol. The third kappa shape index (κ3) is 3.15. The lowest BCUT2D eigenvalue weighted by molar-refractivity contribution is 0.104. The van der Waals surface area contributed by atoms with Crippen LogP contribution in [-0.2, 0) is 0 Å². The molecule has 0 N–H and O–H groups in total. The summed E-state index contributed by atoms with van der Waals surface area (Å²) < 4.78 is 5.87. The fourth-order valence-corrected chi connectivity index (χ4v) is 4.55. The van der Waals surface area contributed by atoms with E-state index in [1.807, 2.05) is 24.3 Å². The molecule has 0 radical (unpaired) electrons. The van der Waals surface area contributed by atoms with Crippen LogP contribution < -0.4 is 0 Å². The Hall–Kier alpha value is -3.97. The molecule has 0 aliphatic heterocycles. The van der Waals surface area contributed by atoms with E-state index in [9.17, 15) is 15.3 Å². The van der Waals surface area contributed by atoms with Crippen LogP contribution in [0.15, 0.2) is 70.2 Å². The number of nitrogens with zero attached hydrogens (tertiary/aromatic N) is 3. The molecule has 1 aliphatic rings. The summed E-state index contributed by atoms with van der Waals surface area (Å²) in [5, 5.41) is 19.5. The van der Waals surface area contributed by atoms with Gasteiger partial charge >= 0.3 is 0 Å². The first-order valence-corrected chi connectivity index (χ1v) is 10.4. The minimum absolute atomic E-state index is 0.0899. The van der Waals surface area contributed by atoms with Crippen LogP contribution in [0.1, 0.15) is 20.8 Å². The van der Waals surface area contributed by atoms with Gasteiger partial charge in [0.2, 0.25) is 5.89 Å². The van der Waals surface area contributed by atoms with Gasteiger partial charge in [0.25, 0.3) is 0 Å². The molecule has 0 atom stereocenters. The fourth-order valence-electron chi connectivity index (χ4n) is 3.53. The zero-order valence-electron chi connectivity index (χ0n) is 15.7. The van der Waals surface area contributed by atoms with E-state index in [1.165, 1.54) is 11.3 Å². The maximum atomic E-state index is 13.0. The highest BCUT2D eigenvalue weighted by atomic mass is 35.5. The zero-order valence-corrected chi connectivity index (χ0v) is 17.3.